The summed E-state index contributed by atoms with van der Waals surface area (Å²) in [6.45, 7) is 0. The van der Waals surface area contributed by atoms with E-state index in [4.69, 9.17) is 0 Å². The second-order valence-corrected chi connectivity index (χ2v) is 8.15. The van der Waals surface area contributed by atoms with Crippen molar-refractivity contribution in [3.63, 3.8) is 0 Å². The molecule has 0 saturated carbocycles. The zero-order valence-electron chi connectivity index (χ0n) is 12.5. The van der Waals surface area contributed by atoms with E-state index in [1.807, 2.05) is 42.5 Å². The number of fused-ring (bicyclic) bond motifs is 1. The molecule has 0 bridgehead atoms. The van der Waals surface area contributed by atoms with Gasteiger partial charge in [0.25, 0.3) is 0 Å². The van der Waals surface area contributed by atoms with Crippen molar-refractivity contribution in [2.24, 2.45) is 0 Å². The molecule has 1 amide bonds. The van der Waals surface area contributed by atoms with E-state index in [0.29, 0.717) is 12.8 Å². The van der Waals surface area contributed by atoms with Crippen LogP contribution in [0.2, 0.25) is 0 Å². The maximum atomic E-state index is 12.4. The largest absolute Gasteiger partial charge is 0.341 e. The second-order valence-electron chi connectivity index (χ2n) is 5.92. The number of benzene rings is 2. The number of likely N-dealkylation sites (N-methyl/N-ethyl adjacent to an activating group) is 1. The molecule has 116 valence electrons. The van der Waals surface area contributed by atoms with Crippen LogP contribution in [0.25, 0.3) is 10.8 Å². The first-order valence-electron chi connectivity index (χ1n) is 7.38. The quantitative estimate of drug-likeness (QED) is 0.870. The van der Waals surface area contributed by atoms with Gasteiger partial charge in [0, 0.05) is 13.1 Å². The number of nitrogens with zero attached hydrogens (tertiary/aromatic N) is 1. The van der Waals surface area contributed by atoms with Gasteiger partial charge in [-0.2, -0.15) is 0 Å². The van der Waals surface area contributed by atoms with Crippen molar-refractivity contribution in [2.45, 2.75) is 18.9 Å². The maximum absolute atomic E-state index is 12.4. The lowest BCUT2D eigenvalue weighted by molar-refractivity contribution is -0.130. The zero-order chi connectivity index (χ0) is 15.7. The maximum Gasteiger partial charge on any atom is 0.227 e. The van der Waals surface area contributed by atoms with E-state index in [2.05, 4.69) is 0 Å². The van der Waals surface area contributed by atoms with E-state index in [-0.39, 0.29) is 23.5 Å². The lowest BCUT2D eigenvalue weighted by atomic mass is 10.0. The van der Waals surface area contributed by atoms with Crippen molar-refractivity contribution < 1.29 is 13.2 Å². The number of carbonyl (C=O) groups excluding carboxylic acids is 1. The SMILES string of the molecule is CN(C(=O)Cc1ccc2ccccc2c1)C1CCS(=O)(=O)C1. The van der Waals surface area contributed by atoms with Gasteiger partial charge in [0.1, 0.15) is 0 Å². The third-order valence-electron chi connectivity index (χ3n) is 4.32. The number of hydrogen-bond acceptors (Lipinski definition) is 3. The van der Waals surface area contributed by atoms with Crippen molar-refractivity contribution >= 4 is 26.5 Å². The standard InChI is InChI=1S/C17H19NO3S/c1-18(16-8-9-22(20,21)12-16)17(19)11-13-6-7-14-4-2-3-5-15(14)10-13/h2-7,10,16H,8-9,11-12H2,1H3. The summed E-state index contributed by atoms with van der Waals surface area (Å²) in [4.78, 5) is 14.0. The molecule has 0 spiro atoms. The van der Waals surface area contributed by atoms with E-state index < -0.39 is 9.84 Å². The minimum absolute atomic E-state index is 0.0302. The molecule has 1 aliphatic heterocycles. The van der Waals surface area contributed by atoms with Crippen molar-refractivity contribution in [1.29, 1.82) is 0 Å². The van der Waals surface area contributed by atoms with Gasteiger partial charge >= 0.3 is 0 Å². The van der Waals surface area contributed by atoms with Crippen molar-refractivity contribution in [1.82, 2.24) is 4.90 Å². The van der Waals surface area contributed by atoms with Crippen LogP contribution >= 0.6 is 0 Å². The van der Waals surface area contributed by atoms with E-state index in [1.54, 1.807) is 11.9 Å². The average molecular weight is 317 g/mol. The normalized spacial score (nSPS) is 20.1. The van der Waals surface area contributed by atoms with Gasteiger partial charge in [0.05, 0.1) is 17.9 Å². The topological polar surface area (TPSA) is 54.5 Å². The number of rotatable bonds is 3. The highest BCUT2D eigenvalue weighted by molar-refractivity contribution is 7.91. The molecule has 4 nitrogen and oxygen atoms in total. The van der Waals surface area contributed by atoms with Crippen LogP contribution in [0.5, 0.6) is 0 Å². The third kappa shape index (κ3) is 3.14. The summed E-state index contributed by atoms with van der Waals surface area (Å²) < 4.78 is 23.1. The Morgan fingerprint density at radius 2 is 1.91 bits per heavy atom. The Morgan fingerprint density at radius 1 is 1.18 bits per heavy atom. The summed E-state index contributed by atoms with van der Waals surface area (Å²) in [5.74, 6) is 0.246. The molecule has 0 aromatic heterocycles. The first-order valence-corrected chi connectivity index (χ1v) is 9.20. The molecule has 1 aliphatic rings. The summed E-state index contributed by atoms with van der Waals surface area (Å²) in [5, 5.41) is 2.26. The predicted octanol–water partition coefficient (Wildman–Crippen LogP) is 2.03. The lowest BCUT2D eigenvalue weighted by Crippen LogP contribution is -2.38. The summed E-state index contributed by atoms with van der Waals surface area (Å²) in [5.41, 5.74) is 0.955. The van der Waals surface area contributed by atoms with Crippen LogP contribution in [-0.2, 0) is 21.1 Å². The highest BCUT2D eigenvalue weighted by Crippen LogP contribution is 2.19. The fraction of sp³-hybridized carbons (Fsp3) is 0.353. The minimum Gasteiger partial charge on any atom is -0.341 e. The Kier molecular flexibility index (Phi) is 3.91. The number of carbonyl (C=O) groups is 1. The van der Waals surface area contributed by atoms with Crippen LogP contribution < -0.4 is 0 Å². The molecular weight excluding hydrogens is 298 g/mol. The van der Waals surface area contributed by atoms with Gasteiger partial charge in [-0.3, -0.25) is 4.79 Å². The van der Waals surface area contributed by atoms with Crippen LogP contribution in [0.4, 0.5) is 0 Å². The zero-order valence-corrected chi connectivity index (χ0v) is 13.3. The summed E-state index contributed by atoms with van der Waals surface area (Å²) in [6.07, 6.45) is 0.847. The van der Waals surface area contributed by atoms with Gasteiger partial charge in [-0.15, -0.1) is 0 Å². The third-order valence-corrected chi connectivity index (χ3v) is 6.07. The fourth-order valence-corrected chi connectivity index (χ4v) is 4.71. The molecule has 1 unspecified atom stereocenters. The van der Waals surface area contributed by atoms with Crippen molar-refractivity contribution in [2.75, 3.05) is 18.6 Å². The number of hydrogen-bond donors (Lipinski definition) is 0. The van der Waals surface area contributed by atoms with Crippen LogP contribution in [0.3, 0.4) is 0 Å². The molecule has 5 heteroatoms. The molecular formula is C17H19NO3S. The molecule has 1 heterocycles. The molecule has 0 N–H and O–H groups in total. The smallest absolute Gasteiger partial charge is 0.227 e. The highest BCUT2D eigenvalue weighted by atomic mass is 32.2. The van der Waals surface area contributed by atoms with Gasteiger partial charge in [0.15, 0.2) is 9.84 Å². The van der Waals surface area contributed by atoms with Crippen LogP contribution in [0.1, 0.15) is 12.0 Å². The number of amides is 1. The van der Waals surface area contributed by atoms with Gasteiger partial charge in [-0.1, -0.05) is 42.5 Å². The summed E-state index contributed by atoms with van der Waals surface area (Å²) in [7, 11) is -1.27. The van der Waals surface area contributed by atoms with E-state index >= 15 is 0 Å². The predicted molar refractivity (Wildman–Crippen MR) is 87.5 cm³/mol. The Hall–Kier alpha value is -1.88. The van der Waals surface area contributed by atoms with Crippen molar-refractivity contribution in [3.8, 4) is 0 Å². The van der Waals surface area contributed by atoms with E-state index in [1.165, 1.54) is 0 Å². The van der Waals surface area contributed by atoms with Crippen LogP contribution in [0.15, 0.2) is 42.5 Å². The molecule has 1 fully saturated rings. The van der Waals surface area contributed by atoms with Crippen LogP contribution in [0, 0.1) is 0 Å². The molecule has 0 radical (unpaired) electrons. The first-order chi connectivity index (χ1) is 10.4. The Balaban J connectivity index is 1.72. The van der Waals surface area contributed by atoms with Gasteiger partial charge in [0.2, 0.25) is 5.91 Å². The average Bonchev–Trinajstić information content (AvgIpc) is 2.86. The van der Waals surface area contributed by atoms with Crippen LogP contribution in [-0.4, -0.2) is 43.8 Å². The fourth-order valence-electron chi connectivity index (χ4n) is 2.93. The summed E-state index contributed by atoms with van der Waals surface area (Å²) >= 11 is 0. The minimum atomic E-state index is -2.97. The monoisotopic (exact) mass is 317 g/mol. The Morgan fingerprint density at radius 3 is 2.59 bits per heavy atom. The van der Waals surface area contributed by atoms with Gasteiger partial charge in [-0.25, -0.2) is 8.42 Å². The first kappa shape index (κ1) is 15.0. The molecule has 1 atom stereocenters. The summed E-state index contributed by atoms with van der Waals surface area (Å²) in [6, 6.07) is 13.8. The molecule has 22 heavy (non-hydrogen) atoms. The highest BCUT2D eigenvalue weighted by Gasteiger charge is 2.32. The number of sulfone groups is 1. The molecule has 0 aliphatic carbocycles. The second kappa shape index (κ2) is 5.72. The lowest BCUT2D eigenvalue weighted by Gasteiger charge is -2.23. The molecule has 1 saturated heterocycles. The van der Waals surface area contributed by atoms with Gasteiger partial charge < -0.3 is 4.90 Å². The Labute approximate surface area is 130 Å². The van der Waals surface area contributed by atoms with E-state index in [0.717, 1.165) is 16.3 Å². The molecule has 3 rings (SSSR count). The molecule has 2 aromatic rings. The van der Waals surface area contributed by atoms with E-state index in [9.17, 15) is 13.2 Å². The van der Waals surface area contributed by atoms with Crippen molar-refractivity contribution in [3.05, 3.63) is 48.0 Å². The molecule has 2 aromatic carbocycles. The van der Waals surface area contributed by atoms with Gasteiger partial charge in [-0.05, 0) is 22.8 Å². The Bertz CT molecular complexity index is 814.